The number of hydrogen-bond donors (Lipinski definition) is 2. The zero-order valence-corrected chi connectivity index (χ0v) is 13.8. The summed E-state index contributed by atoms with van der Waals surface area (Å²) in [6, 6.07) is 0.409. The molecule has 6 heteroatoms. The molecule has 0 spiro atoms. The lowest BCUT2D eigenvalue weighted by Gasteiger charge is -2.26. The van der Waals surface area contributed by atoms with Crippen LogP contribution in [0.1, 0.15) is 38.6 Å². The van der Waals surface area contributed by atoms with E-state index in [-0.39, 0.29) is 5.84 Å². The highest BCUT2D eigenvalue weighted by molar-refractivity contribution is 9.10. The van der Waals surface area contributed by atoms with Crippen LogP contribution < -0.4 is 5.73 Å². The third-order valence-electron chi connectivity index (χ3n) is 3.20. The van der Waals surface area contributed by atoms with Gasteiger partial charge in [0.1, 0.15) is 0 Å². The van der Waals surface area contributed by atoms with Crippen LogP contribution in [0.3, 0.4) is 0 Å². The molecule has 1 aromatic heterocycles. The van der Waals surface area contributed by atoms with Crippen LogP contribution in [0, 0.1) is 12.3 Å². The van der Waals surface area contributed by atoms with Crippen molar-refractivity contribution in [3.05, 3.63) is 15.9 Å². The maximum Gasteiger partial charge on any atom is 0.0918 e. The Balaban J connectivity index is 2.87. The van der Waals surface area contributed by atoms with Gasteiger partial charge in [0.05, 0.1) is 21.7 Å². The Morgan fingerprint density at radius 1 is 1.53 bits per heavy atom. The minimum absolute atomic E-state index is 0.241. The van der Waals surface area contributed by atoms with Crippen LogP contribution in [0.25, 0.3) is 0 Å². The fourth-order valence-electron chi connectivity index (χ4n) is 2.00. The maximum absolute atomic E-state index is 7.36. The number of halogens is 1. The van der Waals surface area contributed by atoms with Crippen LogP contribution in [0.5, 0.6) is 0 Å². The van der Waals surface area contributed by atoms with Gasteiger partial charge in [-0.05, 0) is 43.6 Å². The quantitative estimate of drug-likeness (QED) is 0.596. The van der Waals surface area contributed by atoms with Gasteiger partial charge in [0, 0.05) is 32.1 Å². The Kier molecular flexibility index (Phi) is 6.00. The smallest absolute Gasteiger partial charge is 0.0918 e. The molecule has 0 aromatic carbocycles. The van der Waals surface area contributed by atoms with Crippen LogP contribution >= 0.6 is 15.9 Å². The van der Waals surface area contributed by atoms with E-state index in [4.69, 9.17) is 11.1 Å². The van der Waals surface area contributed by atoms with Crippen LogP contribution in [-0.4, -0.2) is 33.1 Å². The number of nitrogens with one attached hydrogen (secondary N) is 1. The minimum Gasteiger partial charge on any atom is -0.388 e. The van der Waals surface area contributed by atoms with Gasteiger partial charge < -0.3 is 5.73 Å². The predicted molar refractivity (Wildman–Crippen MR) is 82.4 cm³/mol. The topological polar surface area (TPSA) is 70.9 Å². The van der Waals surface area contributed by atoms with E-state index in [1.54, 1.807) is 0 Å². The molecule has 108 valence electrons. The molecular weight excluding hydrogens is 306 g/mol. The van der Waals surface area contributed by atoms with Crippen molar-refractivity contribution in [3.63, 3.8) is 0 Å². The summed E-state index contributed by atoms with van der Waals surface area (Å²) >= 11 is 3.62. The first kappa shape index (κ1) is 16.2. The van der Waals surface area contributed by atoms with E-state index in [1.165, 1.54) is 5.69 Å². The third kappa shape index (κ3) is 4.31. The summed E-state index contributed by atoms with van der Waals surface area (Å²) in [6.07, 6.45) is 0.606. The molecule has 3 N–H and O–H groups in total. The van der Waals surface area contributed by atoms with E-state index in [0.29, 0.717) is 12.5 Å². The molecule has 0 unspecified atom stereocenters. The first-order chi connectivity index (χ1) is 8.86. The monoisotopic (exact) mass is 329 g/mol. The first-order valence-electron chi connectivity index (χ1n) is 6.65. The molecule has 19 heavy (non-hydrogen) atoms. The summed E-state index contributed by atoms with van der Waals surface area (Å²) in [7, 11) is 0. The Bertz CT molecular complexity index is 438. The van der Waals surface area contributed by atoms with Crippen molar-refractivity contribution in [2.75, 3.05) is 6.54 Å². The number of aromatic nitrogens is 2. The molecule has 0 fully saturated rings. The lowest BCUT2D eigenvalue weighted by molar-refractivity contribution is 0.212. The van der Waals surface area contributed by atoms with Crippen LogP contribution in [0.15, 0.2) is 4.47 Å². The summed E-state index contributed by atoms with van der Waals surface area (Å²) in [4.78, 5) is 2.31. The molecule has 0 aliphatic heterocycles. The van der Waals surface area contributed by atoms with Gasteiger partial charge in [-0.25, -0.2) is 0 Å². The van der Waals surface area contributed by atoms with Crippen LogP contribution in [-0.2, 0) is 13.1 Å². The molecule has 1 rings (SSSR count). The SMILES string of the molecule is CCn1nc(C)c(Br)c1CN(CCC(=N)N)C(C)C. The molecule has 0 atom stereocenters. The number of amidine groups is 1. The van der Waals surface area contributed by atoms with E-state index in [1.807, 2.05) is 11.6 Å². The summed E-state index contributed by atoms with van der Waals surface area (Å²) in [5.41, 5.74) is 7.67. The van der Waals surface area contributed by atoms with Crippen molar-refractivity contribution >= 4 is 21.8 Å². The van der Waals surface area contributed by atoms with Crippen molar-refractivity contribution in [1.82, 2.24) is 14.7 Å². The second-order valence-electron chi connectivity index (χ2n) is 5.00. The molecule has 5 nitrogen and oxygen atoms in total. The number of aryl methyl sites for hydroxylation is 2. The van der Waals surface area contributed by atoms with Crippen LogP contribution in [0.4, 0.5) is 0 Å². The molecule has 0 aliphatic carbocycles. The van der Waals surface area contributed by atoms with Gasteiger partial charge in [0.15, 0.2) is 0 Å². The van der Waals surface area contributed by atoms with Crippen molar-refractivity contribution < 1.29 is 0 Å². The molecule has 0 saturated heterocycles. The summed E-state index contributed by atoms with van der Waals surface area (Å²) in [5.74, 6) is 0.241. The van der Waals surface area contributed by atoms with Gasteiger partial charge in [-0.3, -0.25) is 15.0 Å². The van der Waals surface area contributed by atoms with Crippen molar-refractivity contribution in [1.29, 1.82) is 5.41 Å². The number of hydrogen-bond acceptors (Lipinski definition) is 3. The number of nitrogens with zero attached hydrogens (tertiary/aromatic N) is 3. The normalized spacial score (nSPS) is 11.5. The second kappa shape index (κ2) is 7.05. The standard InChI is InChI=1S/C13H24BrN5/c1-5-19-11(13(14)10(4)17-19)8-18(9(2)3)7-6-12(15)16/h9H,5-8H2,1-4H3,(H3,15,16). The number of nitrogens with two attached hydrogens (primary N) is 1. The highest BCUT2D eigenvalue weighted by atomic mass is 79.9. The highest BCUT2D eigenvalue weighted by Gasteiger charge is 2.17. The van der Waals surface area contributed by atoms with Crippen molar-refractivity contribution in [3.8, 4) is 0 Å². The van der Waals surface area contributed by atoms with Gasteiger partial charge in [-0.15, -0.1) is 0 Å². The largest absolute Gasteiger partial charge is 0.388 e. The molecule has 1 heterocycles. The van der Waals surface area contributed by atoms with Gasteiger partial charge in [0.2, 0.25) is 0 Å². The molecule has 0 amide bonds. The van der Waals surface area contributed by atoms with Gasteiger partial charge in [-0.1, -0.05) is 0 Å². The lowest BCUT2D eigenvalue weighted by Crippen LogP contribution is -2.34. The maximum atomic E-state index is 7.36. The average molecular weight is 330 g/mol. The Hall–Kier alpha value is -0.880. The molecule has 0 radical (unpaired) electrons. The van der Waals surface area contributed by atoms with Gasteiger partial charge in [0.25, 0.3) is 0 Å². The highest BCUT2D eigenvalue weighted by Crippen LogP contribution is 2.23. The lowest BCUT2D eigenvalue weighted by atomic mass is 10.2. The fraction of sp³-hybridized carbons (Fsp3) is 0.692. The minimum atomic E-state index is 0.241. The van der Waals surface area contributed by atoms with Gasteiger partial charge >= 0.3 is 0 Å². The fourth-order valence-corrected chi connectivity index (χ4v) is 2.41. The molecule has 0 bridgehead atoms. The van der Waals surface area contributed by atoms with E-state index in [0.717, 1.165) is 29.8 Å². The summed E-state index contributed by atoms with van der Waals surface area (Å²) in [6.45, 7) is 10.9. The summed E-state index contributed by atoms with van der Waals surface area (Å²) < 4.78 is 3.12. The first-order valence-corrected chi connectivity index (χ1v) is 7.44. The van der Waals surface area contributed by atoms with E-state index in [2.05, 4.69) is 46.7 Å². The predicted octanol–water partition coefficient (Wildman–Crippen LogP) is 2.51. The molecule has 0 saturated carbocycles. The Morgan fingerprint density at radius 2 is 2.16 bits per heavy atom. The second-order valence-corrected chi connectivity index (χ2v) is 5.79. The third-order valence-corrected chi connectivity index (χ3v) is 4.24. The summed E-state index contributed by atoms with van der Waals surface area (Å²) in [5, 5.41) is 11.9. The number of rotatable bonds is 7. The Labute approximate surface area is 123 Å². The van der Waals surface area contributed by atoms with E-state index in [9.17, 15) is 0 Å². The Morgan fingerprint density at radius 3 is 2.63 bits per heavy atom. The van der Waals surface area contributed by atoms with Crippen molar-refractivity contribution in [2.24, 2.45) is 5.73 Å². The van der Waals surface area contributed by atoms with E-state index < -0.39 is 0 Å². The zero-order chi connectivity index (χ0) is 14.6. The average Bonchev–Trinajstić information content (AvgIpc) is 2.60. The molecule has 0 aliphatic rings. The zero-order valence-electron chi connectivity index (χ0n) is 12.2. The molecule has 1 aromatic rings. The van der Waals surface area contributed by atoms with Crippen molar-refractivity contribution in [2.45, 2.75) is 53.2 Å². The molecular formula is C13H24BrN5. The van der Waals surface area contributed by atoms with E-state index >= 15 is 0 Å². The van der Waals surface area contributed by atoms with Crippen LogP contribution in [0.2, 0.25) is 0 Å². The van der Waals surface area contributed by atoms with Gasteiger partial charge in [-0.2, -0.15) is 5.10 Å².